The van der Waals surface area contributed by atoms with Gasteiger partial charge in [0.25, 0.3) is 0 Å². The first-order valence-corrected chi connectivity index (χ1v) is 6.49. The van der Waals surface area contributed by atoms with Gasteiger partial charge < -0.3 is 15.6 Å². The topological polar surface area (TPSA) is 83.8 Å². The highest BCUT2D eigenvalue weighted by atomic mass is 19.1. The number of amides is 1. The molecule has 0 radical (unpaired) electrons. The van der Waals surface area contributed by atoms with Gasteiger partial charge in [0.15, 0.2) is 0 Å². The van der Waals surface area contributed by atoms with Crippen molar-refractivity contribution in [2.45, 2.75) is 19.9 Å². The molecule has 5 nitrogen and oxygen atoms in total. The van der Waals surface area contributed by atoms with Crippen molar-refractivity contribution in [1.82, 2.24) is 4.57 Å². The monoisotopic (exact) mass is 286 g/mol. The Morgan fingerprint density at radius 3 is 2.81 bits per heavy atom. The number of nitrogen functional groups attached to an aromatic ring is 1. The van der Waals surface area contributed by atoms with Crippen LogP contribution in [0.4, 0.5) is 15.8 Å². The zero-order valence-electron chi connectivity index (χ0n) is 11.6. The number of rotatable bonds is 4. The van der Waals surface area contributed by atoms with Crippen molar-refractivity contribution in [1.29, 1.82) is 5.26 Å². The molecule has 0 aliphatic rings. The maximum Gasteiger partial charge on any atom is 0.244 e. The number of para-hydroxylation sites is 1. The average Bonchev–Trinajstić information content (AvgIpc) is 2.76. The Bertz CT molecular complexity index is 715. The van der Waals surface area contributed by atoms with E-state index >= 15 is 0 Å². The Hall–Kier alpha value is -2.81. The van der Waals surface area contributed by atoms with Crippen molar-refractivity contribution in [3.05, 3.63) is 47.5 Å². The van der Waals surface area contributed by atoms with Gasteiger partial charge in [0.2, 0.25) is 5.91 Å². The standard InChI is InChI=1S/C15H15FN4O/c1-2-14-12(18)7-10(8-17)20(14)9-15(21)19-13-6-4-3-5-11(13)16/h3-7H,2,9,18H2,1H3,(H,19,21). The normalized spacial score (nSPS) is 10.1. The highest BCUT2D eigenvalue weighted by Gasteiger charge is 2.15. The Balaban J connectivity index is 2.21. The number of halogens is 1. The van der Waals surface area contributed by atoms with E-state index in [1.54, 1.807) is 16.7 Å². The molecule has 0 fully saturated rings. The molecule has 1 aromatic carbocycles. The number of nitrogens with one attached hydrogen (secondary N) is 1. The Kier molecular flexibility index (Phi) is 4.24. The van der Waals surface area contributed by atoms with Gasteiger partial charge in [-0.3, -0.25) is 4.79 Å². The van der Waals surface area contributed by atoms with Crippen molar-refractivity contribution in [3.63, 3.8) is 0 Å². The largest absolute Gasteiger partial charge is 0.397 e. The first kappa shape index (κ1) is 14.6. The molecule has 0 aliphatic carbocycles. The molecule has 3 N–H and O–H groups in total. The van der Waals surface area contributed by atoms with Crippen molar-refractivity contribution >= 4 is 17.3 Å². The summed E-state index contributed by atoms with van der Waals surface area (Å²) >= 11 is 0. The van der Waals surface area contributed by atoms with Crippen LogP contribution in [-0.2, 0) is 17.8 Å². The Labute approximate surface area is 121 Å². The number of nitrogens with two attached hydrogens (primary N) is 1. The minimum absolute atomic E-state index is 0.0857. The molecule has 0 unspecified atom stereocenters. The van der Waals surface area contributed by atoms with Gasteiger partial charge in [0, 0.05) is 5.69 Å². The van der Waals surface area contributed by atoms with Crippen LogP contribution in [-0.4, -0.2) is 10.5 Å². The number of hydrogen-bond donors (Lipinski definition) is 2. The number of anilines is 2. The first-order valence-electron chi connectivity index (χ1n) is 6.49. The van der Waals surface area contributed by atoms with Crippen molar-refractivity contribution in [3.8, 4) is 6.07 Å². The Morgan fingerprint density at radius 2 is 2.19 bits per heavy atom. The summed E-state index contributed by atoms with van der Waals surface area (Å²) < 4.78 is 15.0. The number of carbonyl (C=O) groups excluding carboxylic acids is 1. The fourth-order valence-electron chi connectivity index (χ4n) is 2.17. The molecule has 0 saturated heterocycles. The lowest BCUT2D eigenvalue weighted by molar-refractivity contribution is -0.116. The lowest BCUT2D eigenvalue weighted by Gasteiger charge is -2.11. The summed E-state index contributed by atoms with van der Waals surface area (Å²) in [5.74, 6) is -0.920. The van der Waals surface area contributed by atoms with E-state index in [1.807, 2.05) is 13.0 Å². The maximum absolute atomic E-state index is 13.5. The summed E-state index contributed by atoms with van der Waals surface area (Å²) in [5, 5.41) is 11.6. The van der Waals surface area contributed by atoms with Gasteiger partial charge in [-0.25, -0.2) is 4.39 Å². The number of nitriles is 1. The van der Waals surface area contributed by atoms with Crippen LogP contribution in [0.1, 0.15) is 18.3 Å². The molecule has 0 bridgehead atoms. The summed E-state index contributed by atoms with van der Waals surface area (Å²) in [6, 6.07) is 9.45. The molecule has 6 heteroatoms. The SMILES string of the molecule is CCc1c(N)cc(C#N)n1CC(=O)Nc1ccccc1F. The van der Waals surface area contributed by atoms with Crippen LogP contribution in [0.15, 0.2) is 30.3 Å². The molecule has 1 aromatic heterocycles. The molecule has 0 saturated carbocycles. The van der Waals surface area contributed by atoms with Crippen LogP contribution in [0.5, 0.6) is 0 Å². The summed E-state index contributed by atoms with van der Waals surface area (Å²) in [4.78, 5) is 12.0. The fraction of sp³-hybridized carbons (Fsp3) is 0.200. The van der Waals surface area contributed by atoms with E-state index in [4.69, 9.17) is 11.0 Å². The molecule has 1 amide bonds. The lowest BCUT2D eigenvalue weighted by atomic mass is 10.3. The van der Waals surface area contributed by atoms with Gasteiger partial charge in [0.1, 0.15) is 24.1 Å². The predicted molar refractivity (Wildman–Crippen MR) is 78.0 cm³/mol. The third-order valence-electron chi connectivity index (χ3n) is 3.14. The fourth-order valence-corrected chi connectivity index (χ4v) is 2.17. The Morgan fingerprint density at radius 1 is 1.48 bits per heavy atom. The average molecular weight is 286 g/mol. The van der Waals surface area contributed by atoms with E-state index in [0.717, 1.165) is 5.69 Å². The van der Waals surface area contributed by atoms with Crippen LogP contribution in [0.3, 0.4) is 0 Å². The van der Waals surface area contributed by atoms with Crippen LogP contribution < -0.4 is 11.1 Å². The number of aromatic nitrogens is 1. The molecule has 2 aromatic rings. The van der Waals surface area contributed by atoms with Gasteiger partial charge in [-0.1, -0.05) is 19.1 Å². The van der Waals surface area contributed by atoms with Gasteiger partial charge >= 0.3 is 0 Å². The minimum atomic E-state index is -0.505. The minimum Gasteiger partial charge on any atom is -0.397 e. The second-order valence-electron chi connectivity index (χ2n) is 4.51. The number of nitrogens with zero attached hydrogens (tertiary/aromatic N) is 2. The van der Waals surface area contributed by atoms with E-state index in [1.165, 1.54) is 18.2 Å². The molecule has 2 rings (SSSR count). The van der Waals surface area contributed by atoms with E-state index in [-0.39, 0.29) is 12.2 Å². The number of carbonyl (C=O) groups is 1. The molecular weight excluding hydrogens is 271 g/mol. The van der Waals surface area contributed by atoms with Crippen LogP contribution in [0.25, 0.3) is 0 Å². The van der Waals surface area contributed by atoms with Crippen molar-refractivity contribution < 1.29 is 9.18 Å². The highest BCUT2D eigenvalue weighted by Crippen LogP contribution is 2.19. The second-order valence-corrected chi connectivity index (χ2v) is 4.51. The molecular formula is C15H15FN4O. The van der Waals surface area contributed by atoms with E-state index in [0.29, 0.717) is 17.8 Å². The number of hydrogen-bond acceptors (Lipinski definition) is 3. The summed E-state index contributed by atoms with van der Waals surface area (Å²) in [7, 11) is 0. The molecule has 21 heavy (non-hydrogen) atoms. The quantitative estimate of drug-likeness (QED) is 0.904. The third kappa shape index (κ3) is 3.03. The smallest absolute Gasteiger partial charge is 0.244 e. The third-order valence-corrected chi connectivity index (χ3v) is 3.14. The van der Waals surface area contributed by atoms with Gasteiger partial charge in [-0.2, -0.15) is 5.26 Å². The maximum atomic E-state index is 13.5. The zero-order chi connectivity index (χ0) is 15.4. The van der Waals surface area contributed by atoms with Crippen molar-refractivity contribution in [2.24, 2.45) is 0 Å². The van der Waals surface area contributed by atoms with E-state index < -0.39 is 11.7 Å². The number of benzene rings is 1. The summed E-state index contributed by atoms with van der Waals surface area (Å²) in [6.07, 6.45) is 0.598. The molecule has 1 heterocycles. The van der Waals surface area contributed by atoms with Gasteiger partial charge in [-0.05, 0) is 24.6 Å². The zero-order valence-corrected chi connectivity index (χ0v) is 11.6. The van der Waals surface area contributed by atoms with Crippen LogP contribution in [0.2, 0.25) is 0 Å². The predicted octanol–water partition coefficient (Wildman–Crippen LogP) is 2.28. The summed E-state index contributed by atoms with van der Waals surface area (Å²) in [5.41, 5.74) is 7.44. The molecule has 0 atom stereocenters. The first-order chi connectivity index (χ1) is 10.1. The van der Waals surface area contributed by atoms with Crippen LogP contribution >= 0.6 is 0 Å². The molecule has 108 valence electrons. The van der Waals surface area contributed by atoms with Crippen LogP contribution in [0, 0.1) is 17.1 Å². The second kappa shape index (κ2) is 6.09. The van der Waals surface area contributed by atoms with Gasteiger partial charge in [0.05, 0.1) is 11.4 Å². The molecule has 0 spiro atoms. The highest BCUT2D eigenvalue weighted by molar-refractivity contribution is 5.91. The summed E-state index contributed by atoms with van der Waals surface area (Å²) in [6.45, 7) is 1.80. The lowest BCUT2D eigenvalue weighted by Crippen LogP contribution is -2.21. The molecule has 0 aliphatic heterocycles. The van der Waals surface area contributed by atoms with E-state index in [2.05, 4.69) is 5.32 Å². The van der Waals surface area contributed by atoms with Gasteiger partial charge in [-0.15, -0.1) is 0 Å². The van der Waals surface area contributed by atoms with E-state index in [9.17, 15) is 9.18 Å². The van der Waals surface area contributed by atoms with Crippen molar-refractivity contribution in [2.75, 3.05) is 11.1 Å².